The average Bonchev–Trinajstić information content (AvgIpc) is 3.17. The van der Waals surface area contributed by atoms with Crippen LogP contribution in [0.1, 0.15) is 32.5 Å². The van der Waals surface area contributed by atoms with E-state index in [1.54, 1.807) is 25.1 Å². The Hall–Kier alpha value is -3.96. The molecule has 0 aliphatic carbocycles. The Labute approximate surface area is 211 Å². The van der Waals surface area contributed by atoms with Gasteiger partial charge in [0.1, 0.15) is 5.50 Å². The number of nitrogens with two attached hydrogens (primary N) is 1. The Bertz CT molecular complexity index is 1390. The number of anilines is 1. The summed E-state index contributed by atoms with van der Waals surface area (Å²) in [5.74, 6) is -0.326. The van der Waals surface area contributed by atoms with Gasteiger partial charge in [-0.1, -0.05) is 42.1 Å². The van der Waals surface area contributed by atoms with Crippen molar-refractivity contribution in [3.8, 4) is 22.5 Å². The Kier molecular flexibility index (Phi) is 7.51. The zero-order valence-electron chi connectivity index (χ0n) is 20.0. The van der Waals surface area contributed by atoms with Crippen molar-refractivity contribution < 1.29 is 14.3 Å². The van der Waals surface area contributed by atoms with E-state index in [9.17, 15) is 14.4 Å². The van der Waals surface area contributed by atoms with Crippen LogP contribution >= 0.6 is 11.8 Å². The lowest BCUT2D eigenvalue weighted by atomic mass is 10.0. The van der Waals surface area contributed by atoms with Gasteiger partial charge in [0.15, 0.2) is 0 Å². The number of carbonyl (C=O) groups excluding carboxylic acids is 2. The fraction of sp³-hybridized carbons (Fsp3) is 0.240. The molecule has 0 radical (unpaired) electrons. The van der Waals surface area contributed by atoms with Gasteiger partial charge < -0.3 is 15.8 Å². The highest BCUT2D eigenvalue weighted by Gasteiger charge is 2.26. The highest BCUT2D eigenvalue weighted by Crippen LogP contribution is 2.35. The number of benzene rings is 1. The van der Waals surface area contributed by atoms with Crippen molar-refractivity contribution in [2.45, 2.75) is 32.3 Å². The average molecular weight is 507 g/mol. The van der Waals surface area contributed by atoms with Gasteiger partial charge in [0.2, 0.25) is 0 Å². The van der Waals surface area contributed by atoms with Gasteiger partial charge in [-0.3, -0.25) is 14.9 Å². The third kappa shape index (κ3) is 5.47. The number of amides is 2. The van der Waals surface area contributed by atoms with Crippen LogP contribution in [0.5, 0.6) is 0 Å². The van der Waals surface area contributed by atoms with Crippen LogP contribution in [0.4, 0.5) is 10.5 Å². The maximum Gasteiger partial charge on any atom is 0.411 e. The van der Waals surface area contributed by atoms with Crippen molar-refractivity contribution in [2.75, 3.05) is 11.9 Å². The zero-order chi connectivity index (χ0) is 25.8. The molecule has 11 heteroatoms. The first-order valence-corrected chi connectivity index (χ1v) is 12.2. The van der Waals surface area contributed by atoms with E-state index in [2.05, 4.69) is 15.7 Å². The van der Waals surface area contributed by atoms with Gasteiger partial charge >= 0.3 is 6.09 Å². The third-order valence-corrected chi connectivity index (χ3v) is 6.15. The molecule has 0 bridgehead atoms. The number of carbonyl (C=O) groups is 2. The predicted octanol–water partition coefficient (Wildman–Crippen LogP) is 3.57. The molecule has 1 aliphatic rings. The summed E-state index contributed by atoms with van der Waals surface area (Å²) in [6.07, 6.45) is 0.908. The molecule has 10 nitrogen and oxygen atoms in total. The van der Waals surface area contributed by atoms with Crippen molar-refractivity contribution in [3.05, 3.63) is 69.5 Å². The minimum atomic E-state index is -0.669. The van der Waals surface area contributed by atoms with Crippen molar-refractivity contribution in [1.82, 2.24) is 20.1 Å². The van der Waals surface area contributed by atoms with Gasteiger partial charge in [0.25, 0.3) is 11.5 Å². The molecule has 3 heterocycles. The Morgan fingerprint density at radius 3 is 2.64 bits per heavy atom. The molecule has 1 aromatic carbocycles. The summed E-state index contributed by atoms with van der Waals surface area (Å²) in [5.41, 5.74) is 8.14. The fourth-order valence-electron chi connectivity index (χ4n) is 3.61. The van der Waals surface area contributed by atoms with E-state index < -0.39 is 11.6 Å². The topological polar surface area (TPSA) is 141 Å². The molecule has 0 saturated carbocycles. The van der Waals surface area contributed by atoms with Crippen LogP contribution in [0.15, 0.2) is 58.2 Å². The Balaban J connectivity index is 1.97. The number of aromatic nitrogens is 3. The molecule has 4 N–H and O–H groups in total. The molecular formula is C25H26N6O4S. The van der Waals surface area contributed by atoms with Crippen molar-refractivity contribution in [3.63, 3.8) is 0 Å². The fourth-order valence-corrected chi connectivity index (χ4v) is 4.39. The van der Waals surface area contributed by atoms with E-state index in [0.29, 0.717) is 33.2 Å². The lowest BCUT2D eigenvalue weighted by Crippen LogP contribution is -2.31. The molecule has 36 heavy (non-hydrogen) atoms. The molecule has 2 amide bonds. The molecule has 186 valence electrons. The van der Waals surface area contributed by atoms with Gasteiger partial charge in [0, 0.05) is 17.2 Å². The molecule has 1 atom stereocenters. The molecule has 1 unspecified atom stereocenters. The number of nitrogens with one attached hydrogen (secondary N) is 2. The predicted molar refractivity (Wildman–Crippen MR) is 140 cm³/mol. The SMILES string of the molecule is CCOC(=O)Nc1cc(-c2ccc(=O)n(C(C)C)n2)c(-c2ccccc2)nc1/C=C1/SC(N)NC1=O. The van der Waals surface area contributed by atoms with Gasteiger partial charge in [0.05, 0.1) is 40.3 Å². The van der Waals surface area contributed by atoms with Gasteiger partial charge in [-0.2, -0.15) is 5.10 Å². The first-order valence-electron chi connectivity index (χ1n) is 11.4. The lowest BCUT2D eigenvalue weighted by molar-refractivity contribution is -0.116. The van der Waals surface area contributed by atoms with Gasteiger partial charge in [-0.05, 0) is 39.0 Å². The monoisotopic (exact) mass is 506 g/mol. The number of pyridine rings is 1. The molecule has 0 spiro atoms. The molecule has 1 fully saturated rings. The van der Waals surface area contributed by atoms with Crippen LogP contribution in [0.2, 0.25) is 0 Å². The number of hydrogen-bond acceptors (Lipinski definition) is 8. The molecule has 1 saturated heterocycles. The molecule has 2 aromatic heterocycles. The van der Waals surface area contributed by atoms with Crippen molar-refractivity contribution in [1.29, 1.82) is 0 Å². The summed E-state index contributed by atoms with van der Waals surface area (Å²) in [6.45, 7) is 5.61. The Morgan fingerprint density at radius 2 is 2.00 bits per heavy atom. The smallest absolute Gasteiger partial charge is 0.411 e. The maximum atomic E-state index is 12.4. The second-order valence-electron chi connectivity index (χ2n) is 8.14. The minimum absolute atomic E-state index is 0.158. The summed E-state index contributed by atoms with van der Waals surface area (Å²) >= 11 is 1.16. The quantitative estimate of drug-likeness (QED) is 0.431. The van der Waals surface area contributed by atoms with Crippen LogP contribution < -0.4 is 21.9 Å². The summed E-state index contributed by atoms with van der Waals surface area (Å²) < 4.78 is 6.46. The normalized spacial score (nSPS) is 16.3. The van der Waals surface area contributed by atoms with E-state index in [-0.39, 0.29) is 24.1 Å². The zero-order valence-corrected chi connectivity index (χ0v) is 20.8. The van der Waals surface area contributed by atoms with Crippen LogP contribution in [0.3, 0.4) is 0 Å². The van der Waals surface area contributed by atoms with Crippen LogP contribution in [-0.2, 0) is 9.53 Å². The molecule has 4 rings (SSSR count). The first kappa shape index (κ1) is 25.1. The van der Waals surface area contributed by atoms with Crippen LogP contribution in [-0.4, -0.2) is 38.9 Å². The summed E-state index contributed by atoms with van der Waals surface area (Å²) in [6, 6.07) is 14.1. The van der Waals surface area contributed by atoms with Gasteiger partial charge in [-0.15, -0.1) is 0 Å². The number of thioether (sulfide) groups is 1. The van der Waals surface area contributed by atoms with Crippen LogP contribution in [0.25, 0.3) is 28.6 Å². The standard InChI is InChI=1S/C25H26N6O4S/c1-4-35-25(34)28-18-12-16(17-10-11-21(32)31(30-17)14(2)3)22(15-8-6-5-7-9-15)27-19(18)13-20-23(33)29-24(26)36-20/h5-14,24H,4,26H2,1-3H3,(H,28,34)(H,29,33)/b20-13+. The van der Waals surface area contributed by atoms with E-state index in [0.717, 1.165) is 17.3 Å². The number of hydrogen-bond donors (Lipinski definition) is 3. The molecule has 1 aliphatic heterocycles. The van der Waals surface area contributed by atoms with Crippen LogP contribution in [0, 0.1) is 0 Å². The largest absolute Gasteiger partial charge is 0.450 e. The van der Waals surface area contributed by atoms with Gasteiger partial charge in [-0.25, -0.2) is 14.5 Å². The summed E-state index contributed by atoms with van der Waals surface area (Å²) in [7, 11) is 0. The minimum Gasteiger partial charge on any atom is -0.450 e. The van der Waals surface area contributed by atoms with Crippen molar-refractivity contribution >= 4 is 35.5 Å². The molecular weight excluding hydrogens is 480 g/mol. The number of nitrogens with zero attached hydrogens (tertiary/aromatic N) is 3. The van der Waals surface area contributed by atoms with E-state index in [1.165, 1.54) is 10.7 Å². The van der Waals surface area contributed by atoms with E-state index >= 15 is 0 Å². The highest BCUT2D eigenvalue weighted by molar-refractivity contribution is 8.05. The summed E-state index contributed by atoms with van der Waals surface area (Å²) in [5, 5.41) is 9.90. The number of rotatable bonds is 6. The van der Waals surface area contributed by atoms with E-state index in [1.807, 2.05) is 44.2 Å². The Morgan fingerprint density at radius 1 is 1.25 bits per heavy atom. The van der Waals surface area contributed by atoms with Crippen molar-refractivity contribution in [2.24, 2.45) is 5.73 Å². The highest BCUT2D eigenvalue weighted by atomic mass is 32.2. The third-order valence-electron chi connectivity index (χ3n) is 5.22. The summed E-state index contributed by atoms with van der Waals surface area (Å²) in [4.78, 5) is 42.2. The lowest BCUT2D eigenvalue weighted by Gasteiger charge is -2.16. The van der Waals surface area contributed by atoms with E-state index in [4.69, 9.17) is 15.5 Å². The maximum absolute atomic E-state index is 12.4. The number of ether oxygens (including phenoxy) is 1. The molecule has 3 aromatic rings. The first-order chi connectivity index (χ1) is 17.3. The second kappa shape index (κ2) is 10.8. The second-order valence-corrected chi connectivity index (χ2v) is 9.33.